The van der Waals surface area contributed by atoms with E-state index >= 15 is 0 Å². The zero-order chi connectivity index (χ0) is 9.19. The van der Waals surface area contributed by atoms with Gasteiger partial charge >= 0.3 is 12.4 Å². The van der Waals surface area contributed by atoms with Crippen LogP contribution >= 0.6 is 11.6 Å². The van der Waals surface area contributed by atoms with Gasteiger partial charge in [-0.05, 0) is 11.6 Å². The Morgan fingerprint density at radius 3 is 2.50 bits per heavy atom. The van der Waals surface area contributed by atoms with E-state index in [1.165, 1.54) is 0 Å². The third-order valence-electron chi connectivity index (χ3n) is 0.727. The molecule has 66 valence electrons. The molecule has 0 aliphatic carbocycles. The Balaban J connectivity index is 2.77. The standard InChI is InChI=1S/C4HClF3N3O/c5-2-9-1-10-3(11-2)12-4(6,7)8/h1H. The molecule has 1 aromatic rings. The van der Waals surface area contributed by atoms with Gasteiger partial charge in [0.15, 0.2) is 0 Å². The molecule has 4 nitrogen and oxygen atoms in total. The van der Waals surface area contributed by atoms with Crippen LogP contribution in [0.1, 0.15) is 0 Å². The van der Waals surface area contributed by atoms with E-state index in [9.17, 15) is 13.2 Å². The lowest BCUT2D eigenvalue weighted by Gasteiger charge is -2.05. The van der Waals surface area contributed by atoms with Gasteiger partial charge in [0.2, 0.25) is 5.28 Å². The number of ether oxygens (including phenoxy) is 1. The monoisotopic (exact) mass is 199 g/mol. The molecule has 0 spiro atoms. The van der Waals surface area contributed by atoms with Crippen LogP contribution in [0.15, 0.2) is 6.33 Å². The van der Waals surface area contributed by atoms with Gasteiger partial charge in [-0.15, -0.1) is 13.2 Å². The molecule has 0 fully saturated rings. The summed E-state index contributed by atoms with van der Waals surface area (Å²) in [5.41, 5.74) is 0. The maximum atomic E-state index is 11.5. The maximum absolute atomic E-state index is 11.5. The number of halogens is 4. The Morgan fingerprint density at radius 1 is 1.33 bits per heavy atom. The van der Waals surface area contributed by atoms with Crippen LogP contribution in [0, 0.1) is 0 Å². The molecule has 1 heterocycles. The number of rotatable bonds is 1. The molecular formula is C4HClF3N3O. The van der Waals surface area contributed by atoms with Crippen molar-refractivity contribution in [2.75, 3.05) is 0 Å². The zero-order valence-electron chi connectivity index (χ0n) is 5.34. The second-order valence-corrected chi connectivity index (χ2v) is 1.92. The molecule has 0 N–H and O–H groups in total. The third kappa shape index (κ3) is 2.87. The molecule has 0 aliphatic rings. The highest BCUT2D eigenvalue weighted by molar-refractivity contribution is 6.28. The van der Waals surface area contributed by atoms with Gasteiger partial charge in [-0.3, -0.25) is 0 Å². The summed E-state index contributed by atoms with van der Waals surface area (Å²) in [7, 11) is 0. The molecule has 0 unspecified atom stereocenters. The van der Waals surface area contributed by atoms with Crippen molar-refractivity contribution < 1.29 is 17.9 Å². The van der Waals surface area contributed by atoms with Gasteiger partial charge in [0.1, 0.15) is 6.33 Å². The van der Waals surface area contributed by atoms with Crippen molar-refractivity contribution in [2.24, 2.45) is 0 Å². The third-order valence-corrected chi connectivity index (χ3v) is 0.909. The lowest BCUT2D eigenvalue weighted by Crippen LogP contribution is -2.18. The van der Waals surface area contributed by atoms with Crippen molar-refractivity contribution in [1.82, 2.24) is 15.0 Å². The molecule has 0 atom stereocenters. The summed E-state index contributed by atoms with van der Waals surface area (Å²) >= 11 is 5.16. The van der Waals surface area contributed by atoms with Crippen LogP contribution in [0.4, 0.5) is 13.2 Å². The largest absolute Gasteiger partial charge is 0.575 e. The summed E-state index contributed by atoms with van der Waals surface area (Å²) in [6.45, 7) is 0. The second kappa shape index (κ2) is 3.10. The van der Waals surface area contributed by atoms with Crippen LogP contribution in [0.3, 0.4) is 0 Å². The molecule has 0 saturated heterocycles. The Labute approximate surface area is 69.4 Å². The van der Waals surface area contributed by atoms with Crippen molar-refractivity contribution >= 4 is 11.6 Å². The first kappa shape index (κ1) is 8.98. The zero-order valence-corrected chi connectivity index (χ0v) is 6.10. The van der Waals surface area contributed by atoms with Crippen molar-refractivity contribution in [2.45, 2.75) is 6.36 Å². The quantitative estimate of drug-likeness (QED) is 0.686. The normalized spacial score (nSPS) is 11.3. The van der Waals surface area contributed by atoms with Gasteiger partial charge < -0.3 is 4.74 Å². The predicted molar refractivity (Wildman–Crippen MR) is 31.5 cm³/mol. The molecule has 0 bridgehead atoms. The number of alkyl halides is 3. The molecule has 0 aliphatic heterocycles. The van der Waals surface area contributed by atoms with Gasteiger partial charge in [0.05, 0.1) is 0 Å². The second-order valence-electron chi connectivity index (χ2n) is 1.58. The molecule has 12 heavy (non-hydrogen) atoms. The minimum Gasteiger partial charge on any atom is -0.370 e. The van der Waals surface area contributed by atoms with E-state index in [1.807, 2.05) is 0 Å². The Hall–Kier alpha value is -1.11. The van der Waals surface area contributed by atoms with E-state index in [-0.39, 0.29) is 5.28 Å². The number of nitrogens with zero attached hydrogens (tertiary/aromatic N) is 3. The van der Waals surface area contributed by atoms with E-state index in [0.717, 1.165) is 6.33 Å². The number of hydrogen-bond acceptors (Lipinski definition) is 4. The average molecular weight is 200 g/mol. The smallest absolute Gasteiger partial charge is 0.370 e. The van der Waals surface area contributed by atoms with Crippen LogP contribution in [0.5, 0.6) is 6.01 Å². The first-order valence-corrected chi connectivity index (χ1v) is 2.95. The van der Waals surface area contributed by atoms with Crippen LogP contribution in [0.2, 0.25) is 5.28 Å². The minimum absolute atomic E-state index is 0.357. The van der Waals surface area contributed by atoms with Crippen LogP contribution in [0.25, 0.3) is 0 Å². The lowest BCUT2D eigenvalue weighted by molar-refractivity contribution is -0.277. The summed E-state index contributed by atoms with van der Waals surface area (Å²) in [6.07, 6.45) is -4.00. The summed E-state index contributed by atoms with van der Waals surface area (Å²) in [4.78, 5) is 9.40. The van der Waals surface area contributed by atoms with Crippen LogP contribution in [-0.4, -0.2) is 21.3 Å². The minimum atomic E-state index is -4.81. The fraction of sp³-hybridized carbons (Fsp3) is 0.250. The van der Waals surface area contributed by atoms with E-state index < -0.39 is 12.4 Å². The molecular weight excluding hydrogens is 199 g/mol. The summed E-state index contributed by atoms with van der Waals surface area (Å²) in [6, 6.07) is -0.873. The lowest BCUT2D eigenvalue weighted by atomic mass is 11.0. The van der Waals surface area contributed by atoms with Crippen LogP contribution < -0.4 is 4.74 Å². The highest BCUT2D eigenvalue weighted by atomic mass is 35.5. The van der Waals surface area contributed by atoms with Crippen molar-refractivity contribution in [3.05, 3.63) is 11.6 Å². The average Bonchev–Trinajstić information content (AvgIpc) is 1.82. The van der Waals surface area contributed by atoms with Crippen molar-refractivity contribution in [1.29, 1.82) is 0 Å². The van der Waals surface area contributed by atoms with E-state index in [2.05, 4.69) is 19.7 Å². The first-order chi connectivity index (χ1) is 5.47. The van der Waals surface area contributed by atoms with Gasteiger partial charge in [-0.25, -0.2) is 4.98 Å². The Kier molecular flexibility index (Phi) is 2.32. The van der Waals surface area contributed by atoms with Crippen molar-refractivity contribution in [3.63, 3.8) is 0 Å². The molecule has 8 heteroatoms. The molecule has 1 rings (SSSR count). The summed E-state index contributed by atoms with van der Waals surface area (Å²) in [5.74, 6) is 0. The first-order valence-electron chi connectivity index (χ1n) is 2.58. The fourth-order valence-electron chi connectivity index (χ4n) is 0.415. The van der Waals surface area contributed by atoms with Gasteiger partial charge in [-0.2, -0.15) is 9.97 Å². The fourth-order valence-corrected chi connectivity index (χ4v) is 0.531. The summed E-state index contributed by atoms with van der Waals surface area (Å²) < 4.78 is 37.9. The molecule has 0 amide bonds. The molecule has 1 aromatic heterocycles. The molecule has 0 aromatic carbocycles. The predicted octanol–water partition coefficient (Wildman–Crippen LogP) is 1.42. The summed E-state index contributed by atoms with van der Waals surface area (Å²) in [5, 5.41) is -0.357. The maximum Gasteiger partial charge on any atom is 0.575 e. The topological polar surface area (TPSA) is 47.9 Å². The van der Waals surface area contributed by atoms with E-state index in [1.54, 1.807) is 0 Å². The van der Waals surface area contributed by atoms with E-state index in [0.29, 0.717) is 0 Å². The van der Waals surface area contributed by atoms with Gasteiger partial charge in [-0.1, -0.05) is 0 Å². The molecule has 0 radical (unpaired) electrons. The molecule has 0 saturated carbocycles. The highest BCUT2D eigenvalue weighted by Gasteiger charge is 2.32. The Bertz CT molecular complexity index is 278. The van der Waals surface area contributed by atoms with Crippen LogP contribution in [-0.2, 0) is 0 Å². The number of aromatic nitrogens is 3. The highest BCUT2D eigenvalue weighted by Crippen LogP contribution is 2.18. The number of hydrogen-bond donors (Lipinski definition) is 0. The van der Waals surface area contributed by atoms with E-state index in [4.69, 9.17) is 11.6 Å². The van der Waals surface area contributed by atoms with Gasteiger partial charge in [0, 0.05) is 0 Å². The Morgan fingerprint density at radius 2 is 2.00 bits per heavy atom. The van der Waals surface area contributed by atoms with Crippen molar-refractivity contribution in [3.8, 4) is 6.01 Å². The SMILES string of the molecule is FC(F)(F)Oc1ncnc(Cl)n1. The van der Waals surface area contributed by atoms with Gasteiger partial charge in [0.25, 0.3) is 0 Å².